The van der Waals surface area contributed by atoms with Gasteiger partial charge in [0.25, 0.3) is 0 Å². The molecule has 0 spiro atoms. The van der Waals surface area contributed by atoms with Crippen LogP contribution < -0.4 is 10.5 Å². The highest BCUT2D eigenvalue weighted by atomic mass is 79.9. The third-order valence-corrected chi connectivity index (χ3v) is 3.99. The average Bonchev–Trinajstić information content (AvgIpc) is 3.22. The molecule has 0 heterocycles. The number of rotatable bonds is 4. The largest absolute Gasteiger partial charge is 0.490 e. The van der Waals surface area contributed by atoms with Crippen LogP contribution in [0.5, 0.6) is 5.75 Å². The summed E-state index contributed by atoms with van der Waals surface area (Å²) in [5.41, 5.74) is 8.33. The van der Waals surface area contributed by atoms with Crippen molar-refractivity contribution in [2.45, 2.75) is 25.0 Å². The van der Waals surface area contributed by atoms with Gasteiger partial charge in [-0.15, -0.1) is 0 Å². The van der Waals surface area contributed by atoms with Crippen LogP contribution in [-0.4, -0.2) is 6.10 Å². The second-order valence-corrected chi connectivity index (χ2v) is 6.42. The molecule has 1 saturated carbocycles. The minimum atomic E-state index is -0.194. The van der Waals surface area contributed by atoms with Gasteiger partial charge in [-0.2, -0.15) is 0 Å². The summed E-state index contributed by atoms with van der Waals surface area (Å²) in [6, 6.07) is 13.5. The van der Waals surface area contributed by atoms with Crippen LogP contribution in [0.4, 0.5) is 0 Å². The first-order chi connectivity index (χ1) is 9.61. The van der Waals surface area contributed by atoms with Gasteiger partial charge in [-0.3, -0.25) is 0 Å². The lowest BCUT2D eigenvalue weighted by molar-refractivity contribution is 0.303. The zero-order valence-electron chi connectivity index (χ0n) is 10.9. The summed E-state index contributed by atoms with van der Waals surface area (Å²) in [5, 5.41) is 0.679. The lowest BCUT2D eigenvalue weighted by atomic mass is 10.00. The molecule has 1 aliphatic rings. The van der Waals surface area contributed by atoms with Crippen LogP contribution in [0.25, 0.3) is 0 Å². The molecule has 1 aliphatic carbocycles. The summed E-state index contributed by atoms with van der Waals surface area (Å²) in [4.78, 5) is 0. The van der Waals surface area contributed by atoms with Gasteiger partial charge in [-0.1, -0.05) is 39.7 Å². The topological polar surface area (TPSA) is 35.2 Å². The van der Waals surface area contributed by atoms with Crippen LogP contribution in [0.2, 0.25) is 5.02 Å². The molecule has 0 aromatic heterocycles. The smallest absolute Gasteiger partial charge is 0.119 e. The Bertz CT molecular complexity index is 590. The van der Waals surface area contributed by atoms with Gasteiger partial charge in [0.2, 0.25) is 0 Å². The molecule has 0 aliphatic heterocycles. The van der Waals surface area contributed by atoms with Crippen molar-refractivity contribution < 1.29 is 4.74 Å². The maximum Gasteiger partial charge on any atom is 0.119 e. The number of hydrogen-bond donors (Lipinski definition) is 1. The highest BCUT2D eigenvalue weighted by Gasteiger charge is 2.23. The molecule has 104 valence electrons. The fourth-order valence-corrected chi connectivity index (χ4v) is 2.97. The summed E-state index contributed by atoms with van der Waals surface area (Å²) in [6.45, 7) is 0. The summed E-state index contributed by atoms with van der Waals surface area (Å²) < 4.78 is 6.67. The quantitative estimate of drug-likeness (QED) is 0.866. The minimum absolute atomic E-state index is 0.194. The van der Waals surface area contributed by atoms with E-state index in [1.54, 1.807) is 0 Å². The van der Waals surface area contributed by atoms with Gasteiger partial charge in [-0.05, 0) is 54.3 Å². The van der Waals surface area contributed by atoms with E-state index in [1.165, 1.54) is 0 Å². The molecule has 1 fully saturated rings. The van der Waals surface area contributed by atoms with E-state index in [2.05, 4.69) is 15.9 Å². The van der Waals surface area contributed by atoms with E-state index in [-0.39, 0.29) is 6.04 Å². The number of nitrogens with two attached hydrogens (primary N) is 1. The maximum atomic E-state index is 6.30. The van der Waals surface area contributed by atoms with Crippen LogP contribution in [0.15, 0.2) is 46.9 Å². The van der Waals surface area contributed by atoms with Crippen molar-refractivity contribution in [2.24, 2.45) is 5.73 Å². The molecule has 2 aromatic rings. The van der Waals surface area contributed by atoms with Crippen LogP contribution in [0.1, 0.15) is 30.0 Å². The molecular formula is C16H15BrClNO. The molecule has 20 heavy (non-hydrogen) atoms. The van der Waals surface area contributed by atoms with Gasteiger partial charge in [0.05, 0.1) is 12.1 Å². The van der Waals surface area contributed by atoms with Crippen molar-refractivity contribution in [2.75, 3.05) is 0 Å². The normalized spacial score (nSPS) is 15.9. The Labute approximate surface area is 132 Å². The SMILES string of the molecule is NC(c1ccc(OC2CC2)cc1)c1cc(Cl)cc(Br)c1. The summed E-state index contributed by atoms with van der Waals surface area (Å²) in [6.07, 6.45) is 2.74. The Morgan fingerprint density at radius 1 is 1.10 bits per heavy atom. The highest BCUT2D eigenvalue weighted by Crippen LogP contribution is 2.30. The molecule has 2 aromatic carbocycles. The first kappa shape index (κ1) is 13.9. The summed E-state index contributed by atoms with van der Waals surface area (Å²) in [5.74, 6) is 0.913. The van der Waals surface area contributed by atoms with Crippen LogP contribution in [0, 0.1) is 0 Å². The van der Waals surface area contributed by atoms with Crippen molar-refractivity contribution in [1.82, 2.24) is 0 Å². The summed E-state index contributed by atoms with van der Waals surface area (Å²) in [7, 11) is 0. The summed E-state index contributed by atoms with van der Waals surface area (Å²) >= 11 is 9.51. The third kappa shape index (κ3) is 3.35. The van der Waals surface area contributed by atoms with E-state index in [0.29, 0.717) is 11.1 Å². The zero-order valence-corrected chi connectivity index (χ0v) is 13.2. The van der Waals surface area contributed by atoms with E-state index >= 15 is 0 Å². The van der Waals surface area contributed by atoms with E-state index < -0.39 is 0 Å². The molecule has 4 heteroatoms. The number of benzene rings is 2. The Morgan fingerprint density at radius 3 is 2.40 bits per heavy atom. The second kappa shape index (κ2) is 5.76. The Kier molecular flexibility index (Phi) is 4.01. The number of halogens is 2. The van der Waals surface area contributed by atoms with Crippen LogP contribution in [-0.2, 0) is 0 Å². The molecule has 0 saturated heterocycles. The first-order valence-corrected chi connectivity index (χ1v) is 7.77. The van der Waals surface area contributed by atoms with Crippen molar-refractivity contribution in [3.05, 3.63) is 63.1 Å². The van der Waals surface area contributed by atoms with Crippen molar-refractivity contribution in [3.8, 4) is 5.75 Å². The fourth-order valence-electron chi connectivity index (χ4n) is 2.08. The lowest BCUT2D eigenvalue weighted by Crippen LogP contribution is -2.11. The van der Waals surface area contributed by atoms with Gasteiger partial charge in [0.1, 0.15) is 5.75 Å². The van der Waals surface area contributed by atoms with Crippen molar-refractivity contribution in [1.29, 1.82) is 0 Å². The molecule has 2 nitrogen and oxygen atoms in total. The molecule has 0 radical (unpaired) electrons. The van der Waals surface area contributed by atoms with Crippen LogP contribution >= 0.6 is 27.5 Å². The molecule has 1 atom stereocenters. The second-order valence-electron chi connectivity index (χ2n) is 5.07. The third-order valence-electron chi connectivity index (χ3n) is 3.31. The number of hydrogen-bond acceptors (Lipinski definition) is 2. The highest BCUT2D eigenvalue weighted by molar-refractivity contribution is 9.10. The Balaban J connectivity index is 1.79. The molecule has 2 N–H and O–H groups in total. The number of ether oxygens (including phenoxy) is 1. The maximum absolute atomic E-state index is 6.30. The van der Waals surface area contributed by atoms with Crippen LogP contribution in [0.3, 0.4) is 0 Å². The minimum Gasteiger partial charge on any atom is -0.490 e. The first-order valence-electron chi connectivity index (χ1n) is 6.60. The van der Waals surface area contributed by atoms with Crippen molar-refractivity contribution >= 4 is 27.5 Å². The molecular weight excluding hydrogens is 338 g/mol. The predicted octanol–water partition coefficient (Wildman–Crippen LogP) is 4.69. The van der Waals surface area contributed by atoms with E-state index in [4.69, 9.17) is 22.1 Å². The monoisotopic (exact) mass is 351 g/mol. The molecule has 0 amide bonds. The van der Waals surface area contributed by atoms with E-state index in [9.17, 15) is 0 Å². The lowest BCUT2D eigenvalue weighted by Gasteiger charge is -2.14. The van der Waals surface area contributed by atoms with Gasteiger partial charge in [0, 0.05) is 9.50 Å². The van der Waals surface area contributed by atoms with Gasteiger partial charge < -0.3 is 10.5 Å². The zero-order chi connectivity index (χ0) is 14.1. The van der Waals surface area contributed by atoms with Gasteiger partial charge >= 0.3 is 0 Å². The molecule has 0 bridgehead atoms. The molecule has 3 rings (SSSR count). The fraction of sp³-hybridized carbons (Fsp3) is 0.250. The van der Waals surface area contributed by atoms with E-state index in [0.717, 1.165) is 34.2 Å². The average molecular weight is 353 g/mol. The van der Waals surface area contributed by atoms with Crippen molar-refractivity contribution in [3.63, 3.8) is 0 Å². The Hall–Kier alpha value is -1.03. The van der Waals surface area contributed by atoms with E-state index in [1.807, 2.05) is 42.5 Å². The predicted molar refractivity (Wildman–Crippen MR) is 85.3 cm³/mol. The van der Waals surface area contributed by atoms with Gasteiger partial charge in [-0.25, -0.2) is 0 Å². The Morgan fingerprint density at radius 2 is 1.80 bits per heavy atom. The standard InChI is InChI=1S/C16H15BrClNO/c17-12-7-11(8-13(18)9-12)16(19)10-1-3-14(4-2-10)20-15-5-6-15/h1-4,7-9,15-16H,5-6,19H2. The van der Waals surface area contributed by atoms with Gasteiger partial charge in [0.15, 0.2) is 0 Å². The molecule has 1 unspecified atom stereocenters.